The molecule has 10 aliphatic heterocycles. The van der Waals surface area contributed by atoms with Crippen molar-refractivity contribution in [3.05, 3.63) is 339 Å². The first-order valence-corrected chi connectivity index (χ1v) is 47.8. The fourth-order valence-electron chi connectivity index (χ4n) is 20.0. The molecule has 0 atom stereocenters. The average Bonchev–Trinajstić information content (AvgIpc) is 1.57. The maximum atomic E-state index is 12.6. The molecular weight excluding hydrogens is 1870 g/mol. The Morgan fingerprint density at radius 3 is 1.12 bits per heavy atom. The Hall–Kier alpha value is -11.5. The lowest BCUT2D eigenvalue weighted by atomic mass is 9.81. The molecule has 5 spiro atoms. The summed E-state index contributed by atoms with van der Waals surface area (Å²) in [4.78, 5) is 147. The molecule has 136 heavy (non-hydrogen) atoms. The smallest absolute Gasteiger partial charge is 0.315 e. The summed E-state index contributed by atoms with van der Waals surface area (Å²) < 4.78 is 18.3. The van der Waals surface area contributed by atoms with Crippen molar-refractivity contribution >= 4 is 157 Å². The van der Waals surface area contributed by atoms with Gasteiger partial charge >= 0.3 is 11.8 Å². The molecule has 0 saturated carbocycles. The van der Waals surface area contributed by atoms with Gasteiger partial charge in [-0.3, -0.25) is 57.9 Å². The summed E-state index contributed by atoms with van der Waals surface area (Å²) in [6, 6.07) is 58.6. The molecule has 31 heteroatoms. The molecule has 0 bridgehead atoms. The van der Waals surface area contributed by atoms with Crippen molar-refractivity contribution < 1.29 is 62.2 Å². The van der Waals surface area contributed by atoms with Crippen molar-refractivity contribution in [2.75, 3.05) is 77.8 Å². The van der Waals surface area contributed by atoms with E-state index in [1.54, 1.807) is 85.2 Å². The van der Waals surface area contributed by atoms with Crippen LogP contribution in [0, 0.1) is 6.92 Å². The third kappa shape index (κ3) is 21.4. The van der Waals surface area contributed by atoms with Crippen LogP contribution in [0.2, 0.25) is 35.2 Å². The van der Waals surface area contributed by atoms with Gasteiger partial charge in [0.2, 0.25) is 23.1 Å². The van der Waals surface area contributed by atoms with E-state index in [0.717, 1.165) is 92.7 Å². The number of fused-ring (bicyclic) bond motifs is 10. The van der Waals surface area contributed by atoms with E-state index in [0.29, 0.717) is 176 Å². The molecule has 7 aromatic carbocycles. The maximum absolute atomic E-state index is 12.6. The van der Waals surface area contributed by atoms with E-state index in [1.165, 1.54) is 35.3 Å². The number of hydrogen-bond donors (Lipinski definition) is 2. The Labute approximate surface area is 823 Å². The second kappa shape index (κ2) is 41.8. The Morgan fingerprint density at radius 1 is 0.368 bits per heavy atom. The predicted molar refractivity (Wildman–Crippen MR) is 522 cm³/mol. The Kier molecular flexibility index (Phi) is 30.0. The largest absolute Gasteiger partial charge is 0.375 e. The van der Waals surface area contributed by atoms with Gasteiger partial charge in [-0.1, -0.05) is 203 Å². The normalized spacial score (nSPS) is 17.7. The molecule has 10 aromatic rings. The zero-order chi connectivity index (χ0) is 96.0. The topological polar surface area (TPSA) is 281 Å². The third-order valence-corrected chi connectivity index (χ3v) is 29.3. The second-order valence-corrected chi connectivity index (χ2v) is 38.8. The Morgan fingerprint density at radius 2 is 0.713 bits per heavy atom. The van der Waals surface area contributed by atoms with Gasteiger partial charge in [0.05, 0.1) is 75.6 Å². The molecule has 702 valence electrons. The Balaban J connectivity index is 0.000000123. The highest BCUT2D eigenvalue weighted by Crippen LogP contribution is 2.52. The highest BCUT2D eigenvalue weighted by Gasteiger charge is 2.51. The number of hydrogen-bond acceptors (Lipinski definition) is 18. The summed E-state index contributed by atoms with van der Waals surface area (Å²) in [5, 5.41) is 10.3. The summed E-state index contributed by atoms with van der Waals surface area (Å²) in [6.45, 7) is 17.1. The van der Waals surface area contributed by atoms with Crippen molar-refractivity contribution in [3.8, 4) is 0 Å². The highest BCUT2D eigenvalue weighted by atomic mass is 35.5. The van der Waals surface area contributed by atoms with Gasteiger partial charge < -0.3 is 54.2 Å². The van der Waals surface area contributed by atoms with Crippen LogP contribution in [-0.2, 0) is 136 Å². The monoisotopic (exact) mass is 1970 g/mol. The predicted octanol–water partition coefficient (Wildman–Crippen LogP) is 17.6. The van der Waals surface area contributed by atoms with E-state index >= 15 is 0 Å². The minimum Gasteiger partial charge on any atom is -0.375 e. The zero-order valence-electron chi connectivity index (χ0n) is 75.1. The van der Waals surface area contributed by atoms with Crippen LogP contribution in [0.4, 0.5) is 5.82 Å². The first-order valence-electron chi connectivity index (χ1n) is 45.2. The van der Waals surface area contributed by atoms with Crippen molar-refractivity contribution in [1.29, 1.82) is 0 Å². The number of halogens is 7. The van der Waals surface area contributed by atoms with Crippen molar-refractivity contribution in [2.45, 2.75) is 145 Å². The summed E-state index contributed by atoms with van der Waals surface area (Å²) in [7, 11) is 2.05. The fraction of sp³-hybridized carbons (Fsp3) is 0.324. The molecule has 0 radical (unpaired) electrons. The molecular formula is C105H100Cl7N11O13. The van der Waals surface area contributed by atoms with Crippen molar-refractivity contribution in [3.63, 3.8) is 0 Å². The number of nitrogens with one attached hydrogen (secondary N) is 2. The van der Waals surface area contributed by atoms with Gasteiger partial charge in [0, 0.05) is 158 Å². The number of piperidine rings is 5. The van der Waals surface area contributed by atoms with Crippen LogP contribution in [0.25, 0.3) is 11.4 Å². The number of ketones is 4. The summed E-state index contributed by atoms with van der Waals surface area (Å²) in [5.41, 5.74) is 16.0. The number of ether oxygens (including phenoxy) is 3. The van der Waals surface area contributed by atoms with Crippen LogP contribution in [0.5, 0.6) is 0 Å². The number of aryl methyl sites for hydroxylation is 1. The quantitative estimate of drug-likeness (QED) is 0.101. The number of carbonyl (C=O) groups excluding carboxylic acids is 10. The fourth-order valence-corrected chi connectivity index (χ4v) is 21.1. The minimum absolute atomic E-state index is 0.00443. The van der Waals surface area contributed by atoms with Gasteiger partial charge in [-0.2, -0.15) is 0 Å². The SMILES string of the molecule is C=C1NC2(CCN(C(=O)C(=O)Cc3ccc(Cl)cn3)CC2)c2ccccc21.C=C1c2ccccc2C2(CCN(C(=O)C(=O)Nc3ccc(Cl)cn3)CC2)N1C.Cc1ccc(CC(=O)C(=O)N2CCC3(CC2)OCc2cc(Cl)ccc23)cc1.O=C(Cc1ccc(Cl)cc1)C(=O)N1CCC2(CC1)OCc1cc(Cl)ccc12.O=C(Cc1ccc(Cl)cn1)C(=O)N1CCC2(CC1)OCc1cc(Cl)ccc12. The van der Waals surface area contributed by atoms with Crippen LogP contribution in [0.1, 0.15) is 148 Å². The molecule has 10 aliphatic rings. The van der Waals surface area contributed by atoms with Gasteiger partial charge in [-0.05, 0) is 212 Å². The van der Waals surface area contributed by atoms with Gasteiger partial charge in [0.1, 0.15) is 5.82 Å². The number of likely N-dealkylation sites (tertiary alicyclic amines) is 5. The summed E-state index contributed by atoms with van der Waals surface area (Å²) >= 11 is 41.5. The van der Waals surface area contributed by atoms with E-state index < -0.39 is 46.9 Å². The lowest BCUT2D eigenvalue weighted by Crippen LogP contribution is -2.52. The first-order chi connectivity index (χ1) is 65.3. The zero-order valence-corrected chi connectivity index (χ0v) is 80.4. The van der Waals surface area contributed by atoms with Crippen LogP contribution in [0.3, 0.4) is 0 Å². The number of benzene rings is 7. The van der Waals surface area contributed by atoms with E-state index in [1.807, 2.05) is 110 Å². The molecule has 5 saturated heterocycles. The van der Waals surface area contributed by atoms with Crippen LogP contribution in [0.15, 0.2) is 220 Å². The molecule has 5 fully saturated rings. The number of amides is 6. The number of pyridine rings is 3. The summed E-state index contributed by atoms with van der Waals surface area (Å²) in [6.07, 6.45) is 11.7. The van der Waals surface area contributed by atoms with Crippen LogP contribution < -0.4 is 10.6 Å². The number of nitrogens with zero attached hydrogens (tertiary/aromatic N) is 9. The van der Waals surface area contributed by atoms with Gasteiger partial charge in [0.15, 0.2) is 0 Å². The number of aromatic nitrogens is 3. The molecule has 6 amide bonds. The van der Waals surface area contributed by atoms with Crippen LogP contribution in [-0.4, -0.2) is 175 Å². The molecule has 3 aromatic heterocycles. The molecule has 13 heterocycles. The molecule has 24 nitrogen and oxygen atoms in total. The first kappa shape index (κ1) is 97.6. The van der Waals surface area contributed by atoms with Crippen LogP contribution >= 0.6 is 81.2 Å². The maximum Gasteiger partial charge on any atom is 0.315 e. The van der Waals surface area contributed by atoms with E-state index in [9.17, 15) is 47.9 Å². The molecule has 0 unspecified atom stereocenters. The molecule has 0 aliphatic carbocycles. The molecule has 20 rings (SSSR count). The number of rotatable bonds is 13. The van der Waals surface area contributed by atoms with Gasteiger partial charge in [-0.15, -0.1) is 0 Å². The number of anilines is 1. The lowest BCUT2D eigenvalue weighted by Gasteiger charge is -2.44. The second-order valence-electron chi connectivity index (χ2n) is 35.8. The number of Topliss-reactive ketones (excluding diaryl/α,β-unsaturated/α-hetero) is 4. The van der Waals surface area contributed by atoms with Gasteiger partial charge in [0.25, 0.3) is 23.6 Å². The van der Waals surface area contributed by atoms with Gasteiger partial charge in [-0.25, -0.2) is 4.98 Å². The third-order valence-electron chi connectivity index (χ3n) is 27.6. The molecule has 2 N–H and O–H groups in total. The van der Waals surface area contributed by atoms with E-state index in [2.05, 4.69) is 75.0 Å². The van der Waals surface area contributed by atoms with E-state index in [4.69, 9.17) is 95.4 Å². The average molecular weight is 1970 g/mol. The lowest BCUT2D eigenvalue weighted by molar-refractivity contribution is -0.149. The van der Waals surface area contributed by atoms with E-state index in [-0.39, 0.29) is 65.3 Å². The minimum atomic E-state index is -0.685. The summed E-state index contributed by atoms with van der Waals surface area (Å²) in [5.74, 6) is -4.28. The van der Waals surface area contributed by atoms with Crippen molar-refractivity contribution in [2.24, 2.45) is 0 Å². The van der Waals surface area contributed by atoms with Crippen molar-refractivity contribution in [1.82, 2.24) is 49.7 Å². The standard InChI is InChI=1S/C22H22ClNO3.C21H19Cl2NO3.C21H21ClN4O2.C21H20ClN3O2.C20H18Cl2N2O3/c1-15-2-4-16(5-3-15)12-20(25)21(26)24-10-8-22(9-11-24)19-7-6-18(23)13-17(19)14-27-22;22-16-3-1-14(2-4-16)11-19(25)20(26)24-9-7-21(8-10-24)18-6-5-17(23)12-15(18)13-27-21;1-14-16-5-3-4-6-17(16)21(25(14)2)9-11-26(12-10-21)20(28)19(27)24-18-8-7-15(22)13-23-18;1-14-17-4-2-3-5-18(17)21(24-14)8-10-25(11-9-21)20(27)19(26)12-16-7-6-15(22)13-23-16;21-14-2-4-17-13(9-14)12-27-20(17)5-7-24(8-6-20)19(26)18(25)10-16-3-1-15(22)11-23-16/h2-7,13H,8-12,14H2,1H3;1-6,12H,7-11,13H2;3-8,13H,1,9-12H2,2H3,(H,23,24,27);2-7,13,24H,1,8-12H2;1-4,9,11H,5-8,10,12H2. The Bertz CT molecular complexity index is 5930. The highest BCUT2D eigenvalue weighted by molar-refractivity contribution is 6.40. The number of carbonyl (C=O) groups is 10.